The van der Waals surface area contributed by atoms with Crippen molar-refractivity contribution in [3.05, 3.63) is 0 Å². The van der Waals surface area contributed by atoms with E-state index >= 15 is 0 Å². The van der Waals surface area contributed by atoms with Gasteiger partial charge in [-0.2, -0.15) is 0 Å². The molecule has 0 saturated heterocycles. The molecule has 82 valence electrons. The summed E-state index contributed by atoms with van der Waals surface area (Å²) in [6.45, 7) is 2.77. The Morgan fingerprint density at radius 1 is 1.57 bits per heavy atom. The van der Waals surface area contributed by atoms with Gasteiger partial charge in [0.1, 0.15) is 0 Å². The Labute approximate surface area is 85.7 Å². The Hall–Kier alpha value is -0.570. The van der Waals surface area contributed by atoms with Gasteiger partial charge >= 0.3 is 5.97 Å². The van der Waals surface area contributed by atoms with Crippen molar-refractivity contribution >= 4 is 5.97 Å². The SMILES string of the molecule is C[C@@H]1CCC[C@@H]([C@H](CN)CC(=O)O)C1. The average Bonchev–Trinajstić information content (AvgIpc) is 2.14. The summed E-state index contributed by atoms with van der Waals surface area (Å²) in [4.78, 5) is 10.6. The summed E-state index contributed by atoms with van der Waals surface area (Å²) in [5.41, 5.74) is 5.63. The van der Waals surface area contributed by atoms with Crippen LogP contribution in [0.15, 0.2) is 0 Å². The van der Waals surface area contributed by atoms with Gasteiger partial charge in [-0.3, -0.25) is 4.79 Å². The molecular formula is C11H21NO2. The van der Waals surface area contributed by atoms with Crippen LogP contribution in [0.5, 0.6) is 0 Å². The Kier molecular flexibility index (Phi) is 4.39. The number of nitrogens with two attached hydrogens (primary N) is 1. The molecule has 0 aromatic rings. The monoisotopic (exact) mass is 199 g/mol. The van der Waals surface area contributed by atoms with E-state index in [9.17, 15) is 4.79 Å². The number of carbonyl (C=O) groups is 1. The van der Waals surface area contributed by atoms with Crippen molar-refractivity contribution < 1.29 is 9.90 Å². The number of carboxylic acids is 1. The third-order valence-electron chi connectivity index (χ3n) is 3.38. The molecule has 0 bridgehead atoms. The Bertz CT molecular complexity index is 194. The summed E-state index contributed by atoms with van der Waals surface area (Å²) >= 11 is 0. The molecule has 1 fully saturated rings. The van der Waals surface area contributed by atoms with E-state index in [0.29, 0.717) is 12.5 Å². The molecule has 0 radical (unpaired) electrons. The number of carboxylic acid groups (broad SMARTS) is 1. The van der Waals surface area contributed by atoms with E-state index in [1.807, 2.05) is 0 Å². The van der Waals surface area contributed by atoms with Crippen LogP contribution in [-0.2, 0) is 4.79 Å². The molecule has 14 heavy (non-hydrogen) atoms. The maximum absolute atomic E-state index is 10.6. The molecule has 3 nitrogen and oxygen atoms in total. The fourth-order valence-electron chi connectivity index (χ4n) is 2.58. The normalized spacial score (nSPS) is 29.9. The maximum Gasteiger partial charge on any atom is 0.303 e. The highest BCUT2D eigenvalue weighted by Gasteiger charge is 2.27. The molecular weight excluding hydrogens is 178 g/mol. The van der Waals surface area contributed by atoms with Gasteiger partial charge in [0, 0.05) is 6.42 Å². The maximum atomic E-state index is 10.6. The molecule has 0 aliphatic heterocycles. The number of rotatable bonds is 4. The first-order valence-corrected chi connectivity index (χ1v) is 5.55. The molecule has 1 saturated carbocycles. The van der Waals surface area contributed by atoms with E-state index in [1.54, 1.807) is 0 Å². The Morgan fingerprint density at radius 2 is 2.29 bits per heavy atom. The Balaban J connectivity index is 2.46. The van der Waals surface area contributed by atoms with Crippen molar-refractivity contribution in [3.63, 3.8) is 0 Å². The summed E-state index contributed by atoms with van der Waals surface area (Å²) in [6, 6.07) is 0. The highest BCUT2D eigenvalue weighted by Crippen LogP contribution is 2.34. The first-order valence-electron chi connectivity index (χ1n) is 5.55. The highest BCUT2D eigenvalue weighted by molar-refractivity contribution is 5.67. The highest BCUT2D eigenvalue weighted by atomic mass is 16.4. The first kappa shape index (κ1) is 11.5. The smallest absolute Gasteiger partial charge is 0.303 e. The molecule has 3 N–H and O–H groups in total. The van der Waals surface area contributed by atoms with E-state index in [1.165, 1.54) is 19.3 Å². The van der Waals surface area contributed by atoms with Gasteiger partial charge in [-0.05, 0) is 30.7 Å². The zero-order valence-electron chi connectivity index (χ0n) is 8.91. The average molecular weight is 199 g/mol. The topological polar surface area (TPSA) is 63.3 Å². The second kappa shape index (κ2) is 5.35. The van der Waals surface area contributed by atoms with Crippen LogP contribution in [0.25, 0.3) is 0 Å². The van der Waals surface area contributed by atoms with Gasteiger partial charge in [-0.25, -0.2) is 0 Å². The molecule has 0 spiro atoms. The third kappa shape index (κ3) is 3.29. The summed E-state index contributed by atoms with van der Waals surface area (Å²) in [7, 11) is 0. The van der Waals surface area contributed by atoms with Gasteiger partial charge < -0.3 is 10.8 Å². The molecule has 0 unspecified atom stereocenters. The van der Waals surface area contributed by atoms with Crippen LogP contribution in [0.1, 0.15) is 39.0 Å². The molecule has 0 aromatic heterocycles. The largest absolute Gasteiger partial charge is 0.481 e. The van der Waals surface area contributed by atoms with Crippen LogP contribution >= 0.6 is 0 Å². The van der Waals surface area contributed by atoms with Crippen molar-refractivity contribution in [2.75, 3.05) is 6.54 Å². The lowest BCUT2D eigenvalue weighted by atomic mass is 9.74. The molecule has 1 aliphatic rings. The summed E-state index contributed by atoms with van der Waals surface area (Å²) in [6.07, 6.45) is 5.10. The fourth-order valence-corrected chi connectivity index (χ4v) is 2.58. The molecule has 0 aromatic carbocycles. The van der Waals surface area contributed by atoms with Crippen LogP contribution in [0.3, 0.4) is 0 Å². The standard InChI is InChI=1S/C11H21NO2/c1-8-3-2-4-9(5-8)10(7-12)6-11(13)14/h8-10H,2-7,12H2,1H3,(H,13,14)/t8-,9-,10+/m1/s1. The van der Waals surface area contributed by atoms with E-state index in [2.05, 4.69) is 6.92 Å². The number of aliphatic carboxylic acids is 1. The number of hydrogen-bond acceptors (Lipinski definition) is 2. The quantitative estimate of drug-likeness (QED) is 0.726. The van der Waals surface area contributed by atoms with Crippen molar-refractivity contribution in [2.45, 2.75) is 39.0 Å². The van der Waals surface area contributed by atoms with Gasteiger partial charge in [0.2, 0.25) is 0 Å². The lowest BCUT2D eigenvalue weighted by Gasteiger charge is -2.31. The summed E-state index contributed by atoms with van der Waals surface area (Å²) in [5, 5.41) is 8.76. The molecule has 3 atom stereocenters. The first-order chi connectivity index (χ1) is 6.63. The zero-order valence-corrected chi connectivity index (χ0v) is 8.91. The minimum Gasteiger partial charge on any atom is -0.481 e. The van der Waals surface area contributed by atoms with Gasteiger partial charge in [-0.15, -0.1) is 0 Å². The lowest BCUT2D eigenvalue weighted by molar-refractivity contribution is -0.138. The molecule has 0 heterocycles. The van der Waals surface area contributed by atoms with Gasteiger partial charge in [0.25, 0.3) is 0 Å². The Morgan fingerprint density at radius 3 is 2.79 bits per heavy atom. The van der Waals surface area contributed by atoms with Crippen molar-refractivity contribution in [2.24, 2.45) is 23.5 Å². The van der Waals surface area contributed by atoms with Crippen LogP contribution in [0.2, 0.25) is 0 Å². The summed E-state index contributed by atoms with van der Waals surface area (Å²) in [5.74, 6) is 0.769. The fraction of sp³-hybridized carbons (Fsp3) is 0.909. The van der Waals surface area contributed by atoms with Crippen LogP contribution in [0, 0.1) is 17.8 Å². The van der Waals surface area contributed by atoms with Gasteiger partial charge in [0.05, 0.1) is 0 Å². The van der Waals surface area contributed by atoms with Crippen LogP contribution in [0.4, 0.5) is 0 Å². The molecule has 0 amide bonds. The van der Waals surface area contributed by atoms with Gasteiger partial charge in [-0.1, -0.05) is 26.2 Å². The minimum absolute atomic E-state index is 0.190. The minimum atomic E-state index is -0.710. The van der Waals surface area contributed by atoms with Crippen molar-refractivity contribution in [1.29, 1.82) is 0 Å². The second-order valence-electron chi connectivity index (χ2n) is 4.63. The zero-order chi connectivity index (χ0) is 10.6. The molecule has 1 rings (SSSR count). The lowest BCUT2D eigenvalue weighted by Crippen LogP contribution is -2.29. The summed E-state index contributed by atoms with van der Waals surface area (Å²) < 4.78 is 0. The van der Waals surface area contributed by atoms with Gasteiger partial charge in [0.15, 0.2) is 0 Å². The van der Waals surface area contributed by atoms with E-state index in [0.717, 1.165) is 12.3 Å². The second-order valence-corrected chi connectivity index (χ2v) is 4.63. The predicted molar refractivity (Wildman–Crippen MR) is 55.9 cm³/mol. The van der Waals surface area contributed by atoms with Crippen molar-refractivity contribution in [1.82, 2.24) is 0 Å². The van der Waals surface area contributed by atoms with E-state index in [4.69, 9.17) is 10.8 Å². The van der Waals surface area contributed by atoms with E-state index < -0.39 is 5.97 Å². The number of hydrogen-bond donors (Lipinski definition) is 2. The molecule has 1 aliphatic carbocycles. The molecule has 3 heteroatoms. The third-order valence-corrected chi connectivity index (χ3v) is 3.38. The van der Waals surface area contributed by atoms with E-state index in [-0.39, 0.29) is 12.3 Å². The van der Waals surface area contributed by atoms with Crippen LogP contribution < -0.4 is 5.73 Å². The van der Waals surface area contributed by atoms with Crippen molar-refractivity contribution in [3.8, 4) is 0 Å². The predicted octanol–water partition coefficient (Wildman–Crippen LogP) is 1.86. The van der Waals surface area contributed by atoms with Crippen LogP contribution in [-0.4, -0.2) is 17.6 Å².